The van der Waals surface area contributed by atoms with Crippen molar-refractivity contribution in [3.05, 3.63) is 58.0 Å². The van der Waals surface area contributed by atoms with E-state index in [1.165, 1.54) is 25.3 Å². The van der Waals surface area contributed by atoms with Gasteiger partial charge in [-0.05, 0) is 66.9 Å². The van der Waals surface area contributed by atoms with E-state index in [9.17, 15) is 9.59 Å². The van der Waals surface area contributed by atoms with Crippen LogP contribution in [0.4, 0.5) is 5.69 Å². The number of nitrogens with one attached hydrogen (secondary N) is 1. The Kier molecular flexibility index (Phi) is 7.57. The maximum atomic E-state index is 12.4. The molecular formula is C24H24ClN3O4S. The smallest absolute Gasteiger partial charge is 0.286 e. The molecule has 33 heavy (non-hydrogen) atoms. The summed E-state index contributed by atoms with van der Waals surface area (Å²) < 4.78 is 11.1. The lowest BCUT2D eigenvalue weighted by Gasteiger charge is -2.27. The van der Waals surface area contributed by atoms with Gasteiger partial charge in [0.05, 0.1) is 22.7 Å². The minimum atomic E-state index is -0.341. The zero-order valence-electron chi connectivity index (χ0n) is 18.2. The molecule has 4 rings (SSSR count). The Morgan fingerprint density at radius 2 is 1.97 bits per heavy atom. The quantitative estimate of drug-likeness (QED) is 0.591. The molecule has 0 bridgehead atoms. The van der Waals surface area contributed by atoms with Crippen LogP contribution in [0.3, 0.4) is 0 Å². The van der Waals surface area contributed by atoms with Crippen LogP contribution in [-0.4, -0.2) is 48.7 Å². The standard InChI is InChI=1S/C24H24ClN3O4S/c1-31-20-13-16(14-21-23(30)27-24(33-21)28-11-5-2-6-12-28)9-10-19(20)32-15-22(29)26-18-8-4-3-7-17(18)25/h3-4,7-10,13-14H,2,5-6,11-12,15H2,1H3,(H,26,29)/b21-14-. The van der Waals surface area contributed by atoms with Crippen LogP contribution in [0.2, 0.25) is 5.02 Å². The summed E-state index contributed by atoms with van der Waals surface area (Å²) in [6.45, 7) is 1.68. The number of carbonyl (C=O) groups excluding carboxylic acids is 2. The van der Waals surface area contributed by atoms with Crippen LogP contribution in [0, 0.1) is 0 Å². The van der Waals surface area contributed by atoms with E-state index in [1.54, 1.807) is 42.5 Å². The molecule has 7 nitrogen and oxygen atoms in total. The number of aliphatic imine (C=N–C) groups is 1. The van der Waals surface area contributed by atoms with Crippen molar-refractivity contribution in [2.24, 2.45) is 4.99 Å². The summed E-state index contributed by atoms with van der Waals surface area (Å²) >= 11 is 7.47. The number of likely N-dealkylation sites (tertiary alicyclic amines) is 1. The van der Waals surface area contributed by atoms with Gasteiger partial charge in [-0.2, -0.15) is 4.99 Å². The molecular weight excluding hydrogens is 462 g/mol. The third-order valence-corrected chi connectivity index (χ3v) is 6.60. The molecule has 0 unspecified atom stereocenters. The number of ether oxygens (including phenoxy) is 2. The van der Waals surface area contributed by atoms with Crippen molar-refractivity contribution in [1.29, 1.82) is 0 Å². The van der Waals surface area contributed by atoms with Gasteiger partial charge in [0, 0.05) is 13.1 Å². The fourth-order valence-electron chi connectivity index (χ4n) is 3.56. The molecule has 2 heterocycles. The topological polar surface area (TPSA) is 80.2 Å². The minimum absolute atomic E-state index is 0.205. The average molecular weight is 486 g/mol. The lowest BCUT2D eigenvalue weighted by Crippen LogP contribution is -2.33. The second-order valence-electron chi connectivity index (χ2n) is 7.58. The molecule has 0 atom stereocenters. The van der Waals surface area contributed by atoms with Gasteiger partial charge < -0.3 is 19.7 Å². The van der Waals surface area contributed by atoms with E-state index in [2.05, 4.69) is 15.2 Å². The molecule has 172 valence electrons. The highest BCUT2D eigenvalue weighted by Gasteiger charge is 2.27. The summed E-state index contributed by atoms with van der Waals surface area (Å²) in [6, 6.07) is 12.3. The third kappa shape index (κ3) is 5.89. The van der Waals surface area contributed by atoms with Crippen molar-refractivity contribution in [3.63, 3.8) is 0 Å². The number of anilines is 1. The predicted molar refractivity (Wildman–Crippen MR) is 132 cm³/mol. The third-order valence-electron chi connectivity index (χ3n) is 5.23. The fraction of sp³-hybridized carbons (Fsp3) is 0.292. The number of piperidine rings is 1. The first kappa shape index (κ1) is 23.2. The number of amides is 2. The number of carbonyl (C=O) groups is 2. The van der Waals surface area contributed by atoms with Gasteiger partial charge in [0.25, 0.3) is 11.8 Å². The first-order chi connectivity index (χ1) is 16.0. The summed E-state index contributed by atoms with van der Waals surface area (Å²) in [6.07, 6.45) is 5.27. The molecule has 1 N–H and O–H groups in total. The maximum Gasteiger partial charge on any atom is 0.286 e. The fourth-order valence-corrected chi connectivity index (χ4v) is 4.70. The Morgan fingerprint density at radius 1 is 1.18 bits per heavy atom. The second kappa shape index (κ2) is 10.8. The summed E-state index contributed by atoms with van der Waals surface area (Å²) in [4.78, 5) is 31.6. The molecule has 0 aromatic heterocycles. The molecule has 2 aliphatic rings. The molecule has 2 aromatic carbocycles. The Bertz CT molecular complexity index is 1110. The van der Waals surface area contributed by atoms with Gasteiger partial charge in [-0.3, -0.25) is 9.59 Å². The van der Waals surface area contributed by atoms with E-state index < -0.39 is 0 Å². The Hall–Kier alpha value is -2.97. The number of hydrogen-bond donors (Lipinski definition) is 1. The molecule has 0 spiro atoms. The van der Waals surface area contributed by atoms with Crippen molar-refractivity contribution < 1.29 is 19.1 Å². The van der Waals surface area contributed by atoms with Gasteiger partial charge in [0.15, 0.2) is 23.3 Å². The number of nitrogens with zero attached hydrogens (tertiary/aromatic N) is 2. The number of halogens is 1. The maximum absolute atomic E-state index is 12.4. The number of para-hydroxylation sites is 1. The largest absolute Gasteiger partial charge is 0.493 e. The van der Waals surface area contributed by atoms with E-state index in [4.69, 9.17) is 21.1 Å². The van der Waals surface area contributed by atoms with Gasteiger partial charge >= 0.3 is 0 Å². The van der Waals surface area contributed by atoms with Crippen molar-refractivity contribution >= 4 is 52.1 Å². The summed E-state index contributed by atoms with van der Waals surface area (Å²) in [5, 5.41) is 3.94. The lowest BCUT2D eigenvalue weighted by molar-refractivity contribution is -0.118. The normalized spacial score (nSPS) is 17.2. The van der Waals surface area contributed by atoms with Crippen LogP contribution in [0.1, 0.15) is 24.8 Å². The van der Waals surface area contributed by atoms with Crippen LogP contribution < -0.4 is 14.8 Å². The first-order valence-electron chi connectivity index (χ1n) is 10.7. The van der Waals surface area contributed by atoms with Gasteiger partial charge in [-0.15, -0.1) is 0 Å². The highest BCUT2D eigenvalue weighted by Crippen LogP contribution is 2.34. The SMILES string of the molecule is COc1cc(/C=C2\SC(N3CCCCC3)=NC2=O)ccc1OCC(=O)Nc1ccccc1Cl. The number of thioether (sulfide) groups is 1. The van der Waals surface area contributed by atoms with E-state index in [0.29, 0.717) is 27.1 Å². The molecule has 2 amide bonds. The van der Waals surface area contributed by atoms with Crippen LogP contribution in [0.15, 0.2) is 52.4 Å². The van der Waals surface area contributed by atoms with Crippen molar-refractivity contribution in [1.82, 2.24) is 4.90 Å². The number of rotatable bonds is 6. The van der Waals surface area contributed by atoms with E-state index in [1.807, 2.05) is 6.07 Å². The number of amidine groups is 1. The van der Waals surface area contributed by atoms with Crippen molar-refractivity contribution in [2.45, 2.75) is 19.3 Å². The van der Waals surface area contributed by atoms with Crippen LogP contribution in [0.25, 0.3) is 6.08 Å². The zero-order chi connectivity index (χ0) is 23.2. The Balaban J connectivity index is 1.39. The Morgan fingerprint density at radius 3 is 2.73 bits per heavy atom. The highest BCUT2D eigenvalue weighted by molar-refractivity contribution is 8.18. The molecule has 1 fully saturated rings. The average Bonchev–Trinajstić information content (AvgIpc) is 3.20. The number of benzene rings is 2. The molecule has 1 saturated heterocycles. The first-order valence-corrected chi connectivity index (χ1v) is 11.9. The minimum Gasteiger partial charge on any atom is -0.493 e. The molecule has 0 aliphatic carbocycles. The van der Waals surface area contributed by atoms with Crippen LogP contribution in [-0.2, 0) is 9.59 Å². The van der Waals surface area contributed by atoms with E-state index in [-0.39, 0.29) is 18.4 Å². The van der Waals surface area contributed by atoms with Crippen molar-refractivity contribution in [2.75, 3.05) is 32.1 Å². The van der Waals surface area contributed by atoms with Crippen LogP contribution in [0.5, 0.6) is 11.5 Å². The lowest BCUT2D eigenvalue weighted by atomic mass is 10.1. The van der Waals surface area contributed by atoms with Crippen LogP contribution >= 0.6 is 23.4 Å². The second-order valence-corrected chi connectivity index (χ2v) is 9.00. The highest BCUT2D eigenvalue weighted by atomic mass is 35.5. The Labute approximate surface area is 201 Å². The number of hydrogen-bond acceptors (Lipinski definition) is 6. The summed E-state index contributed by atoms with van der Waals surface area (Å²) in [5.41, 5.74) is 1.30. The van der Waals surface area contributed by atoms with E-state index in [0.717, 1.165) is 36.7 Å². The van der Waals surface area contributed by atoms with Gasteiger partial charge in [-0.25, -0.2) is 0 Å². The predicted octanol–water partition coefficient (Wildman–Crippen LogP) is 4.82. The monoisotopic (exact) mass is 485 g/mol. The molecule has 2 aliphatic heterocycles. The molecule has 2 aromatic rings. The summed E-state index contributed by atoms with van der Waals surface area (Å²) in [7, 11) is 1.52. The van der Waals surface area contributed by atoms with Gasteiger partial charge in [-0.1, -0.05) is 29.8 Å². The molecule has 0 saturated carbocycles. The molecule has 9 heteroatoms. The number of methoxy groups -OCH3 is 1. The van der Waals surface area contributed by atoms with E-state index >= 15 is 0 Å². The van der Waals surface area contributed by atoms with Gasteiger partial charge in [0.1, 0.15) is 0 Å². The van der Waals surface area contributed by atoms with Crippen molar-refractivity contribution in [3.8, 4) is 11.5 Å². The van der Waals surface area contributed by atoms with Gasteiger partial charge in [0.2, 0.25) is 0 Å². The zero-order valence-corrected chi connectivity index (χ0v) is 19.7. The summed E-state index contributed by atoms with van der Waals surface area (Å²) in [5.74, 6) is 0.315. The molecule has 0 radical (unpaired) electrons.